The smallest absolute Gasteiger partial charge is 0.258 e. The van der Waals surface area contributed by atoms with Crippen molar-refractivity contribution >= 4 is 52.5 Å². The molecule has 0 spiro atoms. The minimum atomic E-state index is -2.14. The molecular weight excluding hydrogens is 588 g/mol. The largest absolute Gasteiger partial charge is 0.543 e. The molecule has 0 fully saturated rings. The van der Waals surface area contributed by atoms with Crippen molar-refractivity contribution in [2.75, 3.05) is 0 Å². The fraction of sp³-hybridized carbons (Fsp3) is 0.344. The molecule has 4 aromatic rings. The molecule has 39 heavy (non-hydrogen) atoms. The van der Waals surface area contributed by atoms with Gasteiger partial charge in [0.15, 0.2) is 5.78 Å². The third-order valence-corrected chi connectivity index (χ3v) is 14.7. The van der Waals surface area contributed by atoms with E-state index >= 15 is 0 Å². The summed E-state index contributed by atoms with van der Waals surface area (Å²) < 4.78 is 7.95. The Balaban J connectivity index is 1.80. The first-order valence-electron chi connectivity index (χ1n) is 13.6. The Hall–Kier alpha value is -2.54. The molecule has 0 aliphatic carbocycles. The van der Waals surface area contributed by atoms with Crippen LogP contribution in [0.2, 0.25) is 21.9 Å². The number of aromatic nitrogens is 2. The van der Waals surface area contributed by atoms with E-state index in [2.05, 4.69) is 74.4 Å². The van der Waals surface area contributed by atoms with Crippen molar-refractivity contribution in [2.45, 2.75) is 71.5 Å². The molecule has 0 amide bonds. The van der Waals surface area contributed by atoms with Crippen LogP contribution >= 0.6 is 27.5 Å². The van der Waals surface area contributed by atoms with Crippen LogP contribution in [-0.4, -0.2) is 24.1 Å². The molecule has 204 valence electrons. The van der Waals surface area contributed by atoms with Crippen LogP contribution in [0, 0.1) is 0 Å². The number of halogens is 2. The first-order valence-corrected chi connectivity index (χ1v) is 16.9. The lowest BCUT2D eigenvalue weighted by molar-refractivity contribution is 0.103. The molecule has 0 radical (unpaired) electrons. The highest BCUT2D eigenvalue weighted by Crippen LogP contribution is 2.43. The number of nitrogens with zero attached hydrogens (tertiary/aromatic N) is 2. The van der Waals surface area contributed by atoms with Gasteiger partial charge in [0, 0.05) is 26.5 Å². The van der Waals surface area contributed by atoms with Crippen molar-refractivity contribution in [1.82, 2.24) is 9.97 Å². The molecule has 0 bridgehead atoms. The molecule has 0 unspecified atom stereocenters. The maximum absolute atomic E-state index is 13.5. The molecule has 0 N–H and O–H groups in total. The van der Waals surface area contributed by atoms with Crippen LogP contribution in [0.15, 0.2) is 65.1 Å². The van der Waals surface area contributed by atoms with Gasteiger partial charge in [-0.15, -0.1) is 0 Å². The number of benzene rings is 3. The summed E-state index contributed by atoms with van der Waals surface area (Å²) in [6.45, 7) is 15.7. The van der Waals surface area contributed by atoms with Crippen molar-refractivity contribution in [1.29, 1.82) is 0 Å². The van der Waals surface area contributed by atoms with Gasteiger partial charge in [0.1, 0.15) is 5.75 Å². The van der Waals surface area contributed by atoms with Crippen LogP contribution in [0.3, 0.4) is 0 Å². The number of ketones is 1. The molecule has 4 nitrogen and oxygen atoms in total. The summed E-state index contributed by atoms with van der Waals surface area (Å²) in [5, 5.41) is 0.939. The molecule has 0 aliphatic rings. The Morgan fingerprint density at radius 3 is 2.18 bits per heavy atom. The maximum Gasteiger partial charge on any atom is 0.258 e. The second-order valence-electron chi connectivity index (χ2n) is 11.0. The summed E-state index contributed by atoms with van der Waals surface area (Å²) in [4.78, 5) is 22.5. The van der Waals surface area contributed by atoms with E-state index in [9.17, 15) is 4.79 Å². The number of fused-ring (bicyclic) bond motifs is 1. The first-order chi connectivity index (χ1) is 18.5. The quantitative estimate of drug-likeness (QED) is 0.106. The first kappa shape index (κ1) is 29.4. The zero-order valence-electron chi connectivity index (χ0n) is 23.7. The predicted octanol–water partition coefficient (Wildman–Crippen LogP) is 10.1. The lowest BCUT2D eigenvalue weighted by Crippen LogP contribution is -2.50. The Labute approximate surface area is 246 Å². The van der Waals surface area contributed by atoms with Gasteiger partial charge >= 0.3 is 0 Å². The van der Waals surface area contributed by atoms with Crippen LogP contribution in [0.25, 0.3) is 22.2 Å². The van der Waals surface area contributed by atoms with Gasteiger partial charge in [-0.2, -0.15) is 0 Å². The number of carbonyl (C=O) groups is 1. The van der Waals surface area contributed by atoms with Gasteiger partial charge in [0.25, 0.3) is 8.32 Å². The fourth-order valence-electron chi connectivity index (χ4n) is 5.88. The normalized spacial score (nSPS) is 12.1. The lowest BCUT2D eigenvalue weighted by atomic mass is 9.98. The van der Waals surface area contributed by atoms with E-state index in [0.717, 1.165) is 33.2 Å². The molecule has 1 aromatic heterocycles. The number of aryl methyl sites for hydroxylation is 1. The Bertz CT molecular complexity index is 1500. The monoisotopic (exact) mass is 622 g/mol. The van der Waals surface area contributed by atoms with Crippen molar-refractivity contribution in [2.24, 2.45) is 0 Å². The van der Waals surface area contributed by atoms with Gasteiger partial charge in [-0.05, 0) is 88.7 Å². The molecule has 0 atom stereocenters. The maximum atomic E-state index is 13.5. The zero-order valence-corrected chi connectivity index (χ0v) is 27.0. The van der Waals surface area contributed by atoms with E-state index in [1.165, 1.54) is 0 Å². The van der Waals surface area contributed by atoms with Crippen molar-refractivity contribution < 1.29 is 9.22 Å². The average Bonchev–Trinajstić information content (AvgIpc) is 2.90. The van der Waals surface area contributed by atoms with Gasteiger partial charge in [0.05, 0.1) is 11.2 Å². The van der Waals surface area contributed by atoms with Gasteiger partial charge in [0.2, 0.25) is 5.28 Å². The third kappa shape index (κ3) is 5.84. The van der Waals surface area contributed by atoms with Crippen LogP contribution in [0.1, 0.15) is 70.0 Å². The highest BCUT2D eigenvalue weighted by atomic mass is 79.9. The molecule has 0 saturated carbocycles. The Morgan fingerprint density at radius 1 is 0.897 bits per heavy atom. The highest BCUT2D eigenvalue weighted by Gasteiger charge is 2.47. The topological polar surface area (TPSA) is 52.1 Å². The summed E-state index contributed by atoms with van der Waals surface area (Å²) in [6, 6.07) is 19.3. The van der Waals surface area contributed by atoms with Crippen molar-refractivity contribution in [3.05, 3.63) is 87.1 Å². The van der Waals surface area contributed by atoms with Crippen LogP contribution in [-0.2, 0) is 6.42 Å². The van der Waals surface area contributed by atoms with Crippen LogP contribution < -0.4 is 4.43 Å². The SMILES string of the molecule is CCc1cc(C(=O)c2ccc3nc(Cl)nc(-c4cccc(O[Si](C(C)C)(C(C)C)C(C)C)c4)c3c2)ccc1Br. The van der Waals surface area contributed by atoms with Crippen LogP contribution in [0.5, 0.6) is 5.75 Å². The van der Waals surface area contributed by atoms with Gasteiger partial charge < -0.3 is 4.43 Å². The zero-order chi connectivity index (χ0) is 28.5. The minimum Gasteiger partial charge on any atom is -0.543 e. The lowest BCUT2D eigenvalue weighted by Gasteiger charge is -2.42. The predicted molar refractivity (Wildman–Crippen MR) is 169 cm³/mol. The van der Waals surface area contributed by atoms with E-state index in [-0.39, 0.29) is 11.1 Å². The van der Waals surface area contributed by atoms with Gasteiger partial charge in [-0.25, -0.2) is 9.97 Å². The molecule has 0 saturated heterocycles. The molecular formula is C32H36BrClN2O2Si. The molecule has 3 aromatic carbocycles. The minimum absolute atomic E-state index is 0.0429. The highest BCUT2D eigenvalue weighted by molar-refractivity contribution is 9.10. The van der Waals surface area contributed by atoms with Gasteiger partial charge in [-0.3, -0.25) is 4.79 Å². The summed E-state index contributed by atoms with van der Waals surface area (Å²) >= 11 is 9.94. The summed E-state index contributed by atoms with van der Waals surface area (Å²) in [5.41, 5.74) is 5.94. The average molecular weight is 624 g/mol. The number of rotatable bonds is 9. The number of carbonyl (C=O) groups excluding carboxylic acids is 1. The molecule has 4 rings (SSSR count). The van der Waals surface area contributed by atoms with E-state index < -0.39 is 8.32 Å². The number of hydrogen-bond donors (Lipinski definition) is 0. The standard InChI is InChI=1S/C32H36BrClN2O2Si/c1-8-22-16-24(12-14-28(22)33)31(37)25-13-15-29-27(18-25)30(36-32(34)35-29)23-10-9-11-26(17-23)38-39(19(2)3,20(4)5)21(6)7/h9-21H,8H2,1-7H3. The summed E-state index contributed by atoms with van der Waals surface area (Å²) in [6.07, 6.45) is 0.836. The van der Waals surface area contributed by atoms with E-state index in [1.807, 2.05) is 54.6 Å². The van der Waals surface area contributed by atoms with E-state index in [0.29, 0.717) is 39.0 Å². The summed E-state index contributed by atoms with van der Waals surface area (Å²) in [5.74, 6) is 0.797. The molecule has 7 heteroatoms. The molecule has 0 aliphatic heterocycles. The Kier molecular flexibility index (Phi) is 8.99. The van der Waals surface area contributed by atoms with E-state index in [4.69, 9.17) is 16.0 Å². The second-order valence-corrected chi connectivity index (χ2v) is 17.6. The molecule has 1 heterocycles. The number of hydrogen-bond acceptors (Lipinski definition) is 4. The van der Waals surface area contributed by atoms with Crippen LogP contribution in [0.4, 0.5) is 0 Å². The van der Waals surface area contributed by atoms with Crippen molar-refractivity contribution in [3.63, 3.8) is 0 Å². The summed E-state index contributed by atoms with van der Waals surface area (Å²) in [7, 11) is -2.14. The fourth-order valence-corrected chi connectivity index (χ4v) is 11.8. The van der Waals surface area contributed by atoms with Crippen molar-refractivity contribution in [3.8, 4) is 17.0 Å². The van der Waals surface area contributed by atoms with Gasteiger partial charge in [-0.1, -0.05) is 76.5 Å². The Morgan fingerprint density at radius 2 is 1.54 bits per heavy atom. The van der Waals surface area contributed by atoms with E-state index in [1.54, 1.807) is 6.07 Å². The third-order valence-electron chi connectivity index (χ3n) is 7.73. The second kappa shape index (κ2) is 11.9.